The lowest BCUT2D eigenvalue weighted by atomic mass is 9.94. The highest BCUT2D eigenvalue weighted by Gasteiger charge is 2.16. The van der Waals surface area contributed by atoms with Gasteiger partial charge in [-0.1, -0.05) is 142 Å². The van der Waals surface area contributed by atoms with Crippen molar-refractivity contribution >= 4 is 12.1 Å². The van der Waals surface area contributed by atoms with Crippen LogP contribution in [0.15, 0.2) is 0 Å². The summed E-state index contributed by atoms with van der Waals surface area (Å²) in [6, 6.07) is 0. The van der Waals surface area contributed by atoms with Gasteiger partial charge in [0.15, 0.2) is 0 Å². The van der Waals surface area contributed by atoms with Gasteiger partial charge in [0.05, 0.1) is 5.92 Å². The van der Waals surface area contributed by atoms with E-state index in [9.17, 15) is 9.59 Å². The highest BCUT2D eigenvalue weighted by Crippen LogP contribution is 2.17. The normalized spacial score (nSPS) is 12.2. The van der Waals surface area contributed by atoms with Crippen molar-refractivity contribution in [2.24, 2.45) is 5.92 Å². The van der Waals surface area contributed by atoms with Gasteiger partial charge in [-0.3, -0.25) is 4.79 Å². The van der Waals surface area contributed by atoms with E-state index in [1.165, 1.54) is 116 Å². The zero-order chi connectivity index (χ0) is 22.1. The number of carbonyl (C=O) groups is 2. The Hall–Kier alpha value is -0.660. The van der Waals surface area contributed by atoms with Crippen molar-refractivity contribution in [3.8, 4) is 0 Å². The smallest absolute Gasteiger partial charge is 0.143 e. The number of aldehydes is 1. The van der Waals surface area contributed by atoms with Crippen LogP contribution in [-0.2, 0) is 9.59 Å². The number of Topliss-reactive ketones (excluding diaryl/α,β-unsaturated/α-hetero) is 1. The van der Waals surface area contributed by atoms with E-state index in [1.54, 1.807) is 0 Å². The van der Waals surface area contributed by atoms with Crippen LogP contribution < -0.4 is 0 Å². The van der Waals surface area contributed by atoms with E-state index >= 15 is 0 Å². The minimum atomic E-state index is -0.331. The fourth-order valence-corrected chi connectivity index (χ4v) is 4.31. The quantitative estimate of drug-likeness (QED) is 0.0834. The van der Waals surface area contributed by atoms with Crippen molar-refractivity contribution in [2.45, 2.75) is 162 Å². The molecule has 0 spiro atoms. The predicted molar refractivity (Wildman–Crippen MR) is 132 cm³/mol. The fraction of sp³-hybridized carbons (Fsp3) is 0.929. The molecule has 0 N–H and O–H groups in total. The summed E-state index contributed by atoms with van der Waals surface area (Å²) in [7, 11) is 0. The molecule has 1 unspecified atom stereocenters. The van der Waals surface area contributed by atoms with Crippen molar-refractivity contribution in [3.63, 3.8) is 0 Å². The van der Waals surface area contributed by atoms with Crippen LogP contribution in [0.4, 0.5) is 0 Å². The van der Waals surface area contributed by atoms with Crippen LogP contribution in [0.2, 0.25) is 0 Å². The largest absolute Gasteiger partial charge is 0.303 e. The van der Waals surface area contributed by atoms with E-state index in [-0.39, 0.29) is 11.7 Å². The summed E-state index contributed by atoms with van der Waals surface area (Å²) in [4.78, 5) is 23.6. The van der Waals surface area contributed by atoms with E-state index < -0.39 is 0 Å². The molecule has 0 aromatic carbocycles. The van der Waals surface area contributed by atoms with Gasteiger partial charge >= 0.3 is 0 Å². The third-order valence-electron chi connectivity index (χ3n) is 6.47. The van der Waals surface area contributed by atoms with Gasteiger partial charge in [0, 0.05) is 6.42 Å². The Morgan fingerprint density at radius 3 is 1.23 bits per heavy atom. The van der Waals surface area contributed by atoms with Crippen LogP contribution >= 0.6 is 0 Å². The average Bonchev–Trinajstić information content (AvgIpc) is 2.75. The maximum atomic E-state index is 12.3. The Balaban J connectivity index is 3.47. The van der Waals surface area contributed by atoms with Gasteiger partial charge in [0.25, 0.3) is 0 Å². The third-order valence-corrected chi connectivity index (χ3v) is 6.47. The number of rotatable bonds is 25. The lowest BCUT2D eigenvalue weighted by molar-refractivity contribution is -0.127. The minimum absolute atomic E-state index is 0.192. The van der Waals surface area contributed by atoms with Crippen LogP contribution in [0.5, 0.6) is 0 Å². The van der Waals surface area contributed by atoms with Crippen molar-refractivity contribution in [1.29, 1.82) is 0 Å². The molecule has 0 aliphatic carbocycles. The number of ketones is 1. The molecule has 0 aliphatic rings. The van der Waals surface area contributed by atoms with Crippen LogP contribution in [0.3, 0.4) is 0 Å². The van der Waals surface area contributed by atoms with E-state index in [4.69, 9.17) is 0 Å². The molecule has 0 aromatic heterocycles. The monoisotopic (exact) mass is 422 g/mol. The molecule has 2 nitrogen and oxygen atoms in total. The molecule has 0 radical (unpaired) electrons. The summed E-state index contributed by atoms with van der Waals surface area (Å²) in [6.07, 6.45) is 29.5. The van der Waals surface area contributed by atoms with Crippen LogP contribution in [0.1, 0.15) is 162 Å². The maximum Gasteiger partial charge on any atom is 0.143 e. The summed E-state index contributed by atoms with van der Waals surface area (Å²) in [5.74, 6) is -0.140. The Labute approximate surface area is 189 Å². The van der Waals surface area contributed by atoms with Crippen molar-refractivity contribution in [3.05, 3.63) is 0 Å². The fourth-order valence-electron chi connectivity index (χ4n) is 4.31. The summed E-state index contributed by atoms with van der Waals surface area (Å²) in [5, 5.41) is 0. The second kappa shape index (κ2) is 24.6. The Morgan fingerprint density at radius 2 is 0.867 bits per heavy atom. The summed E-state index contributed by atoms with van der Waals surface area (Å²) in [6.45, 7) is 4.52. The van der Waals surface area contributed by atoms with E-state index in [0.717, 1.165) is 32.0 Å². The van der Waals surface area contributed by atoms with E-state index in [1.807, 2.05) is 0 Å². The second-order valence-corrected chi connectivity index (χ2v) is 9.47. The van der Waals surface area contributed by atoms with Crippen LogP contribution in [0.25, 0.3) is 0 Å². The van der Waals surface area contributed by atoms with Gasteiger partial charge in [-0.15, -0.1) is 0 Å². The first-order valence-electron chi connectivity index (χ1n) is 13.7. The number of hydrogen-bond donors (Lipinski definition) is 0. The first-order valence-corrected chi connectivity index (χ1v) is 13.7. The molecule has 2 heteroatoms. The molecule has 0 fully saturated rings. The average molecular weight is 423 g/mol. The molecule has 0 heterocycles. The van der Waals surface area contributed by atoms with Gasteiger partial charge in [-0.2, -0.15) is 0 Å². The molecular weight excluding hydrogens is 368 g/mol. The van der Waals surface area contributed by atoms with Crippen molar-refractivity contribution in [1.82, 2.24) is 0 Å². The van der Waals surface area contributed by atoms with Gasteiger partial charge in [-0.05, 0) is 12.8 Å². The lowest BCUT2D eigenvalue weighted by Gasteiger charge is -2.09. The zero-order valence-electron chi connectivity index (χ0n) is 20.7. The molecule has 0 saturated heterocycles. The van der Waals surface area contributed by atoms with E-state index in [2.05, 4.69) is 13.8 Å². The highest BCUT2D eigenvalue weighted by atomic mass is 16.1. The molecule has 0 rings (SSSR count). The molecule has 30 heavy (non-hydrogen) atoms. The van der Waals surface area contributed by atoms with Gasteiger partial charge < -0.3 is 4.79 Å². The second-order valence-electron chi connectivity index (χ2n) is 9.47. The summed E-state index contributed by atoms with van der Waals surface area (Å²) in [5.41, 5.74) is 0. The summed E-state index contributed by atoms with van der Waals surface area (Å²) < 4.78 is 0. The van der Waals surface area contributed by atoms with Crippen LogP contribution in [-0.4, -0.2) is 12.1 Å². The molecular formula is C28H54O2. The first-order chi connectivity index (χ1) is 14.8. The van der Waals surface area contributed by atoms with Crippen molar-refractivity contribution < 1.29 is 9.59 Å². The zero-order valence-corrected chi connectivity index (χ0v) is 20.7. The lowest BCUT2D eigenvalue weighted by Crippen LogP contribution is -2.15. The number of carbonyl (C=O) groups excluding carboxylic acids is 2. The van der Waals surface area contributed by atoms with Gasteiger partial charge in [-0.25, -0.2) is 0 Å². The topological polar surface area (TPSA) is 34.1 Å². The molecule has 0 amide bonds. The minimum Gasteiger partial charge on any atom is -0.303 e. The molecule has 0 bridgehead atoms. The maximum absolute atomic E-state index is 12.3. The molecule has 0 aromatic rings. The third kappa shape index (κ3) is 20.6. The molecule has 0 saturated carbocycles. The van der Waals surface area contributed by atoms with Crippen LogP contribution in [0, 0.1) is 5.92 Å². The summed E-state index contributed by atoms with van der Waals surface area (Å²) >= 11 is 0. The van der Waals surface area contributed by atoms with E-state index in [0.29, 0.717) is 6.42 Å². The number of hydrogen-bond acceptors (Lipinski definition) is 2. The Morgan fingerprint density at radius 1 is 0.533 bits per heavy atom. The first kappa shape index (κ1) is 29.3. The number of unbranched alkanes of at least 4 members (excludes halogenated alkanes) is 19. The van der Waals surface area contributed by atoms with Gasteiger partial charge in [0.2, 0.25) is 0 Å². The predicted octanol–water partition coefficient (Wildman–Crippen LogP) is 9.38. The SMILES string of the molecule is CCCCCCCCCCCCCC(=O)C(C=O)CCCCCCCCCCCC. The molecule has 0 aliphatic heterocycles. The standard InChI is InChI=1S/C28H54O2/c1-3-5-7-9-11-13-15-17-19-21-23-25-28(30)27(26-29)24-22-20-18-16-14-12-10-8-6-4-2/h26-27H,3-25H2,1-2H3. The highest BCUT2D eigenvalue weighted by molar-refractivity contribution is 5.93. The Bertz CT molecular complexity index is 364. The molecule has 178 valence electrons. The van der Waals surface area contributed by atoms with Crippen molar-refractivity contribution in [2.75, 3.05) is 0 Å². The molecule has 1 atom stereocenters. The van der Waals surface area contributed by atoms with Gasteiger partial charge in [0.1, 0.15) is 12.1 Å². The Kier molecular flexibility index (Phi) is 24.1.